The van der Waals surface area contributed by atoms with Crippen LogP contribution in [0.25, 0.3) is 11.3 Å². The molecule has 0 saturated carbocycles. The lowest BCUT2D eigenvalue weighted by atomic mass is 10.1. The van der Waals surface area contributed by atoms with Gasteiger partial charge in [0.2, 0.25) is 15.9 Å². The maximum Gasteiger partial charge on any atom is 0.433 e. The van der Waals surface area contributed by atoms with Crippen molar-refractivity contribution < 1.29 is 39.6 Å². The fraction of sp³-hybridized carbons (Fsp3) is 0.273. The minimum atomic E-state index is -4.61. The van der Waals surface area contributed by atoms with Crippen molar-refractivity contribution in [3.05, 3.63) is 71.9 Å². The fourth-order valence-corrected chi connectivity index (χ4v) is 5.33. The van der Waals surface area contributed by atoms with Crippen LogP contribution in [0.1, 0.15) is 17.8 Å². The molecule has 37 heavy (non-hydrogen) atoms. The van der Waals surface area contributed by atoms with Crippen LogP contribution >= 0.6 is 0 Å². The highest BCUT2D eigenvalue weighted by Crippen LogP contribution is 2.30. The molecule has 196 valence electrons. The van der Waals surface area contributed by atoms with Crippen molar-refractivity contribution in [3.8, 4) is 11.3 Å². The summed E-state index contributed by atoms with van der Waals surface area (Å²) in [5.41, 5.74) is -0.387. The molecule has 0 spiro atoms. The minimum absolute atomic E-state index is 0.215. The molecule has 4 rings (SSSR count). The highest BCUT2D eigenvalue weighted by molar-refractivity contribution is 7.89. The average Bonchev–Trinajstić information content (AvgIpc) is 3.26. The van der Waals surface area contributed by atoms with Crippen molar-refractivity contribution in [2.75, 3.05) is 6.54 Å². The van der Waals surface area contributed by atoms with Gasteiger partial charge in [0.05, 0.1) is 22.8 Å². The second kappa shape index (κ2) is 10.0. The monoisotopic (exact) mass is 545 g/mol. The van der Waals surface area contributed by atoms with E-state index in [9.17, 15) is 39.6 Å². The predicted molar refractivity (Wildman–Crippen MR) is 116 cm³/mol. The Balaban J connectivity index is 1.48. The van der Waals surface area contributed by atoms with Gasteiger partial charge in [-0.1, -0.05) is 0 Å². The number of carbonyl (C=O) groups is 1. The lowest BCUT2D eigenvalue weighted by molar-refractivity contribution is -0.141. The van der Waals surface area contributed by atoms with Crippen LogP contribution in [0, 0.1) is 11.6 Å². The summed E-state index contributed by atoms with van der Waals surface area (Å²) in [6.45, 7) is -0.896. The molecule has 8 nitrogen and oxygen atoms in total. The quantitative estimate of drug-likeness (QED) is 0.477. The van der Waals surface area contributed by atoms with Crippen LogP contribution in [0.15, 0.2) is 53.8 Å². The van der Waals surface area contributed by atoms with Gasteiger partial charge in [-0.05, 0) is 36.4 Å². The number of pyridine rings is 1. The first-order valence-electron chi connectivity index (χ1n) is 10.6. The molecule has 1 saturated heterocycles. The summed E-state index contributed by atoms with van der Waals surface area (Å²) >= 11 is 0. The van der Waals surface area contributed by atoms with E-state index >= 15 is 0 Å². The molecule has 1 amide bonds. The first-order valence-corrected chi connectivity index (χ1v) is 12.0. The summed E-state index contributed by atoms with van der Waals surface area (Å²) in [5.74, 6) is -3.54. The van der Waals surface area contributed by atoms with E-state index in [-0.39, 0.29) is 23.5 Å². The van der Waals surface area contributed by atoms with Crippen LogP contribution in [0.4, 0.5) is 26.3 Å². The number of aromatic nitrogens is 3. The van der Waals surface area contributed by atoms with Gasteiger partial charge >= 0.3 is 6.18 Å². The number of benzene rings is 1. The Hall–Kier alpha value is -3.59. The summed E-state index contributed by atoms with van der Waals surface area (Å²) in [6.07, 6.45) is -4.64. The molecule has 15 heteroatoms. The molecule has 1 N–H and O–H groups in total. The summed E-state index contributed by atoms with van der Waals surface area (Å²) < 4.78 is 106. The normalized spacial score (nSPS) is 18.6. The molecule has 2 atom stereocenters. The predicted octanol–water partition coefficient (Wildman–Crippen LogP) is 3.25. The van der Waals surface area contributed by atoms with Crippen molar-refractivity contribution in [2.45, 2.75) is 36.3 Å². The van der Waals surface area contributed by atoms with Gasteiger partial charge in [-0.15, -0.1) is 0 Å². The third kappa shape index (κ3) is 5.72. The average molecular weight is 545 g/mol. The van der Waals surface area contributed by atoms with E-state index in [0.717, 1.165) is 24.7 Å². The number of alkyl halides is 4. The second-order valence-electron chi connectivity index (χ2n) is 8.04. The molecule has 3 aromatic rings. The zero-order valence-corrected chi connectivity index (χ0v) is 19.4. The number of hydrogen-bond donors (Lipinski definition) is 1. The lowest BCUT2D eigenvalue weighted by Gasteiger charge is -2.23. The number of carbonyl (C=O) groups excluding carboxylic acids is 1. The number of sulfonamides is 1. The van der Waals surface area contributed by atoms with E-state index in [2.05, 4.69) is 20.3 Å². The third-order valence-electron chi connectivity index (χ3n) is 5.52. The summed E-state index contributed by atoms with van der Waals surface area (Å²) in [5, 5.41) is 2.44. The molecule has 3 heterocycles. The zero-order chi connectivity index (χ0) is 27.0. The van der Waals surface area contributed by atoms with Crippen LogP contribution in [-0.4, -0.2) is 52.3 Å². The highest BCUT2D eigenvalue weighted by atomic mass is 32.2. The molecule has 0 bridgehead atoms. The Labute approximate surface area is 206 Å². The second-order valence-corrected chi connectivity index (χ2v) is 9.93. The van der Waals surface area contributed by atoms with E-state index < -0.39 is 69.5 Å². The number of halogens is 6. The fourth-order valence-electron chi connectivity index (χ4n) is 3.69. The SMILES string of the molecule is O=C(NCc1cc(-c2ccc(C(F)(F)F)nc2)ncn1)[C@@H]1C[C@H](F)CN1S(=O)(=O)c1ccc(F)c(F)c1. The van der Waals surface area contributed by atoms with Crippen molar-refractivity contribution >= 4 is 15.9 Å². The summed E-state index contributed by atoms with van der Waals surface area (Å²) in [6, 6.07) is 3.74. The molecule has 1 aliphatic heterocycles. The first kappa shape index (κ1) is 26.5. The molecular formula is C22H17F6N5O3S. The number of amides is 1. The largest absolute Gasteiger partial charge is 0.433 e. The molecule has 1 fully saturated rings. The number of hydrogen-bond acceptors (Lipinski definition) is 6. The standard InChI is InChI=1S/C22H17F6N5O3S/c23-13-5-19(33(10-13)37(35,36)15-2-3-16(24)17(25)7-15)21(34)30-9-14-6-18(32-11-31-14)12-1-4-20(29-8-12)22(26,27)28/h1-4,6-8,11,13,19H,5,9-10H2,(H,30,34)/t13-,19-/m0/s1. The van der Waals surface area contributed by atoms with E-state index in [1.54, 1.807) is 0 Å². The highest BCUT2D eigenvalue weighted by Gasteiger charge is 2.44. The Bertz CT molecular complexity index is 1420. The molecule has 0 unspecified atom stereocenters. The first-order chi connectivity index (χ1) is 17.4. The molecule has 1 aromatic carbocycles. The van der Waals surface area contributed by atoms with Crippen LogP contribution in [0.2, 0.25) is 0 Å². The third-order valence-corrected chi connectivity index (χ3v) is 7.39. The minimum Gasteiger partial charge on any atom is -0.349 e. The lowest BCUT2D eigenvalue weighted by Crippen LogP contribution is -2.45. The Morgan fingerprint density at radius 1 is 1.05 bits per heavy atom. The number of nitrogens with one attached hydrogen (secondary N) is 1. The van der Waals surface area contributed by atoms with Crippen LogP contribution in [0.5, 0.6) is 0 Å². The van der Waals surface area contributed by atoms with Gasteiger partial charge < -0.3 is 5.32 Å². The van der Waals surface area contributed by atoms with Gasteiger partial charge in [0.1, 0.15) is 24.2 Å². The Morgan fingerprint density at radius 2 is 1.81 bits per heavy atom. The van der Waals surface area contributed by atoms with E-state index in [1.807, 2.05) is 0 Å². The number of nitrogens with zero attached hydrogens (tertiary/aromatic N) is 4. The van der Waals surface area contributed by atoms with E-state index in [0.29, 0.717) is 16.4 Å². The van der Waals surface area contributed by atoms with Crippen molar-refractivity contribution in [1.29, 1.82) is 0 Å². The van der Waals surface area contributed by atoms with Gasteiger partial charge in [0, 0.05) is 24.7 Å². The Morgan fingerprint density at radius 3 is 2.46 bits per heavy atom. The van der Waals surface area contributed by atoms with Crippen molar-refractivity contribution in [3.63, 3.8) is 0 Å². The van der Waals surface area contributed by atoms with Gasteiger partial charge in [0.25, 0.3) is 0 Å². The van der Waals surface area contributed by atoms with Gasteiger partial charge in [-0.25, -0.2) is 31.6 Å². The van der Waals surface area contributed by atoms with Gasteiger partial charge in [-0.2, -0.15) is 17.5 Å². The van der Waals surface area contributed by atoms with Crippen LogP contribution in [0.3, 0.4) is 0 Å². The maximum atomic E-state index is 14.2. The zero-order valence-electron chi connectivity index (χ0n) is 18.6. The van der Waals surface area contributed by atoms with Gasteiger partial charge in [-0.3, -0.25) is 9.78 Å². The summed E-state index contributed by atoms with van der Waals surface area (Å²) in [7, 11) is -4.53. The van der Waals surface area contributed by atoms with Crippen molar-refractivity contribution in [1.82, 2.24) is 24.6 Å². The summed E-state index contributed by atoms with van der Waals surface area (Å²) in [4.78, 5) is 23.4. The number of rotatable bonds is 6. The molecular weight excluding hydrogens is 528 g/mol. The molecule has 1 aliphatic rings. The van der Waals surface area contributed by atoms with E-state index in [1.165, 1.54) is 12.1 Å². The molecule has 0 aliphatic carbocycles. The van der Waals surface area contributed by atoms with Gasteiger partial charge in [0.15, 0.2) is 11.6 Å². The maximum absolute atomic E-state index is 14.2. The smallest absolute Gasteiger partial charge is 0.349 e. The topological polar surface area (TPSA) is 105 Å². The van der Waals surface area contributed by atoms with Crippen LogP contribution < -0.4 is 5.32 Å². The molecule has 0 radical (unpaired) electrons. The van der Waals surface area contributed by atoms with Crippen LogP contribution in [-0.2, 0) is 27.5 Å². The molecule has 2 aromatic heterocycles. The van der Waals surface area contributed by atoms with E-state index in [4.69, 9.17) is 0 Å². The Kier molecular flexibility index (Phi) is 7.19. The van der Waals surface area contributed by atoms with Crippen molar-refractivity contribution in [2.24, 2.45) is 0 Å².